The van der Waals surface area contributed by atoms with E-state index in [9.17, 15) is 23.3 Å². The van der Waals surface area contributed by atoms with Gasteiger partial charge in [0.25, 0.3) is 21.7 Å². The first-order valence-corrected chi connectivity index (χ1v) is 7.55. The first-order valence-electron chi connectivity index (χ1n) is 5.17. The first-order chi connectivity index (χ1) is 9.27. The van der Waals surface area contributed by atoms with E-state index in [0.717, 1.165) is 0 Å². The lowest BCUT2D eigenvalue weighted by atomic mass is 10.2. The zero-order valence-electron chi connectivity index (χ0n) is 9.72. The van der Waals surface area contributed by atoms with Crippen molar-refractivity contribution in [1.82, 2.24) is 5.32 Å². The fourth-order valence-corrected chi connectivity index (χ4v) is 3.27. The minimum absolute atomic E-state index is 0.0912. The zero-order chi connectivity index (χ0) is 14.9. The molecule has 1 amide bonds. The van der Waals surface area contributed by atoms with E-state index >= 15 is 0 Å². The normalized spacial score (nSPS) is 20.9. The number of non-ortho nitro benzene ring substituents is 1. The minimum atomic E-state index is -4.38. The number of thioether (sulfide) groups is 1. The highest BCUT2D eigenvalue weighted by Gasteiger charge is 2.35. The van der Waals surface area contributed by atoms with Crippen LogP contribution in [0.25, 0.3) is 6.08 Å². The lowest BCUT2D eigenvalue weighted by Crippen LogP contribution is -2.31. The van der Waals surface area contributed by atoms with E-state index in [1.165, 1.54) is 30.3 Å². The molecule has 2 rings (SSSR count). The van der Waals surface area contributed by atoms with Crippen LogP contribution < -0.4 is 5.32 Å². The summed E-state index contributed by atoms with van der Waals surface area (Å²) in [5.41, 5.74) is 0.413. The van der Waals surface area contributed by atoms with Crippen molar-refractivity contribution in [3.8, 4) is 0 Å². The molecule has 1 fully saturated rings. The second kappa shape index (κ2) is 5.23. The lowest BCUT2D eigenvalue weighted by Gasteiger charge is -2.01. The van der Waals surface area contributed by atoms with Gasteiger partial charge in [-0.15, -0.1) is 0 Å². The summed E-state index contributed by atoms with van der Waals surface area (Å²) in [5, 5.41) is 12.6. The highest BCUT2D eigenvalue weighted by Crippen LogP contribution is 2.31. The number of carbonyl (C=O) groups excluding carboxylic acids is 1. The summed E-state index contributed by atoms with van der Waals surface area (Å²) in [5.74, 6) is -0.629. The van der Waals surface area contributed by atoms with Crippen molar-refractivity contribution in [2.45, 2.75) is 4.71 Å². The Morgan fingerprint density at radius 1 is 1.35 bits per heavy atom. The van der Waals surface area contributed by atoms with E-state index in [4.69, 9.17) is 4.55 Å². The molecule has 1 heterocycles. The molecule has 106 valence electrons. The largest absolute Gasteiger partial charge is 0.324 e. The van der Waals surface area contributed by atoms with Gasteiger partial charge in [-0.3, -0.25) is 19.5 Å². The molecule has 20 heavy (non-hydrogen) atoms. The molecule has 0 aliphatic carbocycles. The van der Waals surface area contributed by atoms with Crippen molar-refractivity contribution in [2.75, 3.05) is 0 Å². The van der Waals surface area contributed by atoms with Crippen LogP contribution in [0.2, 0.25) is 0 Å². The van der Waals surface area contributed by atoms with Crippen molar-refractivity contribution in [3.63, 3.8) is 0 Å². The summed E-state index contributed by atoms with van der Waals surface area (Å²) in [7, 11) is -4.38. The van der Waals surface area contributed by atoms with E-state index in [-0.39, 0.29) is 10.6 Å². The standard InChI is InChI=1S/C10H8N2O6S2/c13-9-8(19-10(11-9)20(16,17)18)5-6-1-3-7(4-2-6)12(14)15/h1-5,10H,(H,11,13)(H,16,17,18). The van der Waals surface area contributed by atoms with Crippen LogP contribution in [0.5, 0.6) is 0 Å². The van der Waals surface area contributed by atoms with Crippen LogP contribution in [0, 0.1) is 10.1 Å². The number of nitrogens with zero attached hydrogens (tertiary/aromatic N) is 1. The Labute approximate surface area is 117 Å². The number of carbonyl (C=O) groups is 1. The summed E-state index contributed by atoms with van der Waals surface area (Å²) in [4.78, 5) is 21.6. The fraction of sp³-hybridized carbons (Fsp3) is 0.100. The fourth-order valence-electron chi connectivity index (χ4n) is 1.45. The summed E-state index contributed by atoms with van der Waals surface area (Å²) < 4.78 is 29.2. The van der Waals surface area contributed by atoms with Crippen molar-refractivity contribution in [3.05, 3.63) is 44.8 Å². The topological polar surface area (TPSA) is 127 Å². The number of amides is 1. The molecule has 0 spiro atoms. The molecule has 1 aromatic rings. The zero-order valence-corrected chi connectivity index (χ0v) is 11.3. The molecular formula is C10H8N2O6S2. The molecule has 0 radical (unpaired) electrons. The summed E-state index contributed by atoms with van der Waals surface area (Å²) in [6, 6.07) is 5.40. The number of hydrogen-bond acceptors (Lipinski definition) is 6. The van der Waals surface area contributed by atoms with Gasteiger partial charge < -0.3 is 5.32 Å². The van der Waals surface area contributed by atoms with Gasteiger partial charge in [-0.1, -0.05) is 11.8 Å². The molecular weight excluding hydrogens is 308 g/mol. The van der Waals surface area contributed by atoms with E-state index in [1.54, 1.807) is 0 Å². The molecule has 1 aliphatic heterocycles. The first kappa shape index (κ1) is 14.5. The van der Waals surface area contributed by atoms with Crippen LogP contribution in [-0.2, 0) is 14.9 Å². The summed E-state index contributed by atoms with van der Waals surface area (Å²) in [6.07, 6.45) is 1.38. The third kappa shape index (κ3) is 3.15. The Morgan fingerprint density at radius 2 is 1.95 bits per heavy atom. The van der Waals surface area contributed by atoms with Crippen molar-refractivity contribution >= 4 is 39.6 Å². The third-order valence-corrected chi connectivity index (χ3v) is 4.95. The Balaban J connectivity index is 2.23. The number of nitrogens with one attached hydrogen (secondary N) is 1. The number of hydrogen-bond donors (Lipinski definition) is 2. The van der Waals surface area contributed by atoms with E-state index in [2.05, 4.69) is 5.32 Å². The minimum Gasteiger partial charge on any atom is -0.324 e. The van der Waals surface area contributed by atoms with Gasteiger partial charge >= 0.3 is 0 Å². The lowest BCUT2D eigenvalue weighted by molar-refractivity contribution is -0.384. The molecule has 0 bridgehead atoms. The highest BCUT2D eigenvalue weighted by molar-refractivity contribution is 8.15. The van der Waals surface area contributed by atoms with Gasteiger partial charge in [-0.2, -0.15) is 8.42 Å². The van der Waals surface area contributed by atoms with E-state index in [1.807, 2.05) is 0 Å². The molecule has 10 heteroatoms. The number of nitro groups is 1. The van der Waals surface area contributed by atoms with E-state index < -0.39 is 25.7 Å². The average molecular weight is 316 g/mol. The van der Waals surface area contributed by atoms with Crippen LogP contribution in [0.15, 0.2) is 29.2 Å². The smallest absolute Gasteiger partial charge is 0.296 e. The Kier molecular flexibility index (Phi) is 3.79. The second-order valence-electron chi connectivity index (χ2n) is 3.80. The molecule has 0 aromatic heterocycles. The predicted octanol–water partition coefficient (Wildman–Crippen LogP) is 0.970. The molecule has 8 nitrogen and oxygen atoms in total. The second-order valence-corrected chi connectivity index (χ2v) is 6.74. The molecule has 1 aromatic carbocycles. The molecule has 0 saturated carbocycles. The number of nitro benzene ring substituents is 1. The van der Waals surface area contributed by atoms with Crippen LogP contribution in [0.1, 0.15) is 5.56 Å². The Hall–Kier alpha value is -1.91. The highest BCUT2D eigenvalue weighted by atomic mass is 32.3. The molecule has 1 saturated heterocycles. The molecule has 1 atom stereocenters. The van der Waals surface area contributed by atoms with Crippen LogP contribution in [0.3, 0.4) is 0 Å². The summed E-state index contributed by atoms with van der Waals surface area (Å²) in [6.45, 7) is 0. The molecule has 1 aliphatic rings. The van der Waals surface area contributed by atoms with Crippen molar-refractivity contribution in [1.29, 1.82) is 0 Å². The summed E-state index contributed by atoms with van der Waals surface area (Å²) >= 11 is 0.660. The van der Waals surface area contributed by atoms with Crippen molar-refractivity contribution in [2.24, 2.45) is 0 Å². The maximum atomic E-state index is 11.5. The third-order valence-electron chi connectivity index (χ3n) is 2.38. The van der Waals surface area contributed by atoms with Gasteiger partial charge in [0.2, 0.25) is 4.71 Å². The SMILES string of the molecule is O=C1NC(S(=O)(=O)O)SC1=Cc1ccc([N+](=O)[O-])cc1. The predicted molar refractivity (Wildman–Crippen MR) is 72.1 cm³/mol. The van der Waals surface area contributed by atoms with Gasteiger partial charge in [0.1, 0.15) is 0 Å². The maximum Gasteiger partial charge on any atom is 0.296 e. The average Bonchev–Trinajstić information content (AvgIpc) is 2.71. The van der Waals surface area contributed by atoms with Gasteiger partial charge in [0.15, 0.2) is 0 Å². The van der Waals surface area contributed by atoms with Gasteiger partial charge in [-0.05, 0) is 23.8 Å². The van der Waals surface area contributed by atoms with Crippen LogP contribution in [-0.4, -0.2) is 28.5 Å². The van der Waals surface area contributed by atoms with Crippen molar-refractivity contribution < 1.29 is 22.7 Å². The molecule has 2 N–H and O–H groups in total. The number of rotatable bonds is 3. The maximum absolute atomic E-state index is 11.5. The van der Waals surface area contributed by atoms with Gasteiger partial charge in [-0.25, -0.2) is 0 Å². The van der Waals surface area contributed by atoms with Crippen LogP contribution >= 0.6 is 11.8 Å². The van der Waals surface area contributed by atoms with Gasteiger partial charge in [0.05, 0.1) is 9.83 Å². The monoisotopic (exact) mass is 316 g/mol. The molecule has 1 unspecified atom stereocenters. The Morgan fingerprint density at radius 3 is 2.40 bits per heavy atom. The van der Waals surface area contributed by atoms with Gasteiger partial charge in [0, 0.05) is 12.1 Å². The van der Waals surface area contributed by atoms with Crippen LogP contribution in [0.4, 0.5) is 5.69 Å². The quantitative estimate of drug-likeness (QED) is 0.368. The van der Waals surface area contributed by atoms with E-state index in [0.29, 0.717) is 17.3 Å². The number of benzene rings is 1. The Bertz CT molecular complexity index is 695.